The Morgan fingerprint density at radius 2 is 1.86 bits per heavy atom. The molecule has 0 amide bonds. The van der Waals surface area contributed by atoms with Crippen molar-refractivity contribution in [1.82, 2.24) is 0 Å². The van der Waals surface area contributed by atoms with Gasteiger partial charge in [0, 0.05) is 6.42 Å². The number of carbonyl (C=O) groups excluding carboxylic acids is 2. The third kappa shape index (κ3) is 4.13. The van der Waals surface area contributed by atoms with E-state index in [9.17, 15) is 22.4 Å². The van der Waals surface area contributed by atoms with E-state index in [4.69, 9.17) is 9.29 Å². The van der Waals surface area contributed by atoms with E-state index in [1.165, 1.54) is 0 Å². The summed E-state index contributed by atoms with van der Waals surface area (Å²) in [6, 6.07) is 0. The van der Waals surface area contributed by atoms with Gasteiger partial charge in [-0.05, 0) is 32.6 Å². The lowest BCUT2D eigenvalue weighted by Gasteiger charge is -2.24. The summed E-state index contributed by atoms with van der Waals surface area (Å²) in [4.78, 5) is 23.0. The van der Waals surface area contributed by atoms with E-state index in [0.717, 1.165) is 19.8 Å². The van der Waals surface area contributed by atoms with Gasteiger partial charge in [0.15, 0.2) is 6.61 Å². The van der Waals surface area contributed by atoms with Crippen LogP contribution < -0.4 is 0 Å². The molecule has 0 saturated heterocycles. The van der Waals surface area contributed by atoms with Crippen LogP contribution in [0, 0.1) is 0 Å². The first-order valence-corrected chi connectivity index (χ1v) is 8.03. The number of carbonyl (C=O) groups is 2. The third-order valence-electron chi connectivity index (χ3n) is 3.51. The molecule has 0 aromatic heterocycles. The highest BCUT2D eigenvalue weighted by atomic mass is 32.2. The zero-order valence-electron chi connectivity index (χ0n) is 11.9. The lowest BCUT2D eigenvalue weighted by molar-refractivity contribution is -0.171. The first kappa shape index (κ1) is 17.8. The Bertz CT molecular complexity index is 510. The van der Waals surface area contributed by atoms with Gasteiger partial charge in [-0.2, -0.15) is 8.42 Å². The topological polar surface area (TPSA) is 107 Å². The molecule has 21 heavy (non-hydrogen) atoms. The number of rotatable bonds is 6. The van der Waals surface area contributed by atoms with E-state index in [0.29, 0.717) is 12.8 Å². The standard InChI is InChI=1S/C12H19FO7S/c1-3-12(13,21(16,17)18)10(15)19-8-9(14)20-11(2)6-4-5-7-11/h3-8H2,1-2H3,(H,16,17,18). The van der Waals surface area contributed by atoms with Crippen LogP contribution in [0.4, 0.5) is 4.39 Å². The van der Waals surface area contributed by atoms with Crippen LogP contribution in [0.15, 0.2) is 0 Å². The normalized spacial score (nSPS) is 20.6. The maximum absolute atomic E-state index is 13.9. The van der Waals surface area contributed by atoms with Crippen LogP contribution in [0.5, 0.6) is 0 Å². The van der Waals surface area contributed by atoms with Gasteiger partial charge in [-0.3, -0.25) is 4.55 Å². The van der Waals surface area contributed by atoms with Crippen molar-refractivity contribution in [2.45, 2.75) is 56.6 Å². The van der Waals surface area contributed by atoms with Crippen LogP contribution in [0.3, 0.4) is 0 Å². The molecule has 1 fully saturated rings. The summed E-state index contributed by atoms with van der Waals surface area (Å²) < 4.78 is 53.8. The second kappa shape index (κ2) is 6.27. The van der Waals surface area contributed by atoms with Gasteiger partial charge in [0.25, 0.3) is 0 Å². The molecule has 0 aromatic carbocycles. The fourth-order valence-corrected chi connectivity index (χ4v) is 2.83. The Labute approximate surface area is 122 Å². The van der Waals surface area contributed by atoms with E-state index in [1.807, 2.05) is 0 Å². The molecule has 0 aromatic rings. The first-order valence-electron chi connectivity index (χ1n) is 6.59. The van der Waals surface area contributed by atoms with Crippen LogP contribution in [0.1, 0.15) is 46.0 Å². The van der Waals surface area contributed by atoms with Crippen molar-refractivity contribution in [2.24, 2.45) is 0 Å². The highest BCUT2D eigenvalue weighted by molar-refractivity contribution is 7.87. The van der Waals surface area contributed by atoms with E-state index in [2.05, 4.69) is 4.74 Å². The molecular weight excluding hydrogens is 307 g/mol. The molecule has 0 spiro atoms. The van der Waals surface area contributed by atoms with Gasteiger partial charge in [-0.15, -0.1) is 0 Å². The Kier molecular flexibility index (Phi) is 5.32. The van der Waals surface area contributed by atoms with Gasteiger partial charge in [0.05, 0.1) is 0 Å². The highest BCUT2D eigenvalue weighted by Gasteiger charge is 2.51. The lowest BCUT2D eigenvalue weighted by Crippen LogP contribution is -2.43. The summed E-state index contributed by atoms with van der Waals surface area (Å²) in [5.41, 5.74) is -0.635. The Morgan fingerprint density at radius 1 is 1.33 bits per heavy atom. The van der Waals surface area contributed by atoms with Crippen LogP contribution in [0.25, 0.3) is 0 Å². The summed E-state index contributed by atoms with van der Waals surface area (Å²) in [6.45, 7) is 1.88. The molecule has 1 atom stereocenters. The fraction of sp³-hybridized carbons (Fsp3) is 0.833. The van der Waals surface area contributed by atoms with Crippen molar-refractivity contribution >= 4 is 22.1 Å². The molecule has 1 unspecified atom stereocenters. The van der Waals surface area contributed by atoms with Gasteiger partial charge in [0.2, 0.25) is 0 Å². The molecule has 0 bridgehead atoms. The monoisotopic (exact) mass is 326 g/mol. The summed E-state index contributed by atoms with van der Waals surface area (Å²) in [5, 5.41) is -3.58. The number of esters is 2. The molecular formula is C12H19FO7S. The van der Waals surface area contributed by atoms with Gasteiger partial charge in [0.1, 0.15) is 5.60 Å². The summed E-state index contributed by atoms with van der Waals surface area (Å²) in [5.74, 6) is -2.72. The number of halogens is 1. The molecule has 0 heterocycles. The third-order valence-corrected chi connectivity index (χ3v) is 4.78. The second-order valence-electron chi connectivity index (χ2n) is 5.26. The maximum Gasteiger partial charge on any atom is 0.363 e. The number of alkyl halides is 1. The SMILES string of the molecule is CCC(F)(C(=O)OCC(=O)OC1(C)CCCC1)S(=O)(=O)O. The molecule has 0 radical (unpaired) electrons. The van der Waals surface area contributed by atoms with Gasteiger partial charge >= 0.3 is 27.1 Å². The van der Waals surface area contributed by atoms with Crippen molar-refractivity contribution in [3.63, 3.8) is 0 Å². The van der Waals surface area contributed by atoms with E-state index >= 15 is 0 Å². The molecule has 1 N–H and O–H groups in total. The van der Waals surface area contributed by atoms with Crippen molar-refractivity contribution in [2.75, 3.05) is 6.61 Å². The highest BCUT2D eigenvalue weighted by Crippen LogP contribution is 2.32. The van der Waals surface area contributed by atoms with Crippen molar-refractivity contribution in [3.8, 4) is 0 Å². The zero-order valence-corrected chi connectivity index (χ0v) is 12.7. The number of hydrogen-bond acceptors (Lipinski definition) is 6. The van der Waals surface area contributed by atoms with Crippen molar-refractivity contribution < 1.29 is 36.4 Å². The minimum Gasteiger partial charge on any atom is -0.457 e. The molecule has 0 aliphatic heterocycles. The molecule has 122 valence electrons. The fourth-order valence-electron chi connectivity index (χ4n) is 2.19. The van der Waals surface area contributed by atoms with E-state index in [1.54, 1.807) is 6.92 Å². The van der Waals surface area contributed by atoms with Crippen LogP contribution in [-0.2, 0) is 29.2 Å². The summed E-state index contributed by atoms with van der Waals surface area (Å²) >= 11 is 0. The van der Waals surface area contributed by atoms with Gasteiger partial charge < -0.3 is 9.47 Å². The second-order valence-corrected chi connectivity index (χ2v) is 6.86. The Morgan fingerprint density at radius 3 is 2.29 bits per heavy atom. The Hall–Kier alpha value is -1.22. The van der Waals surface area contributed by atoms with Gasteiger partial charge in [-0.1, -0.05) is 6.92 Å². The minimum atomic E-state index is -5.29. The predicted molar refractivity (Wildman–Crippen MR) is 69.6 cm³/mol. The summed E-state index contributed by atoms with van der Waals surface area (Å²) in [6.07, 6.45) is 2.35. The number of ether oxygens (including phenoxy) is 2. The average molecular weight is 326 g/mol. The van der Waals surface area contributed by atoms with Crippen molar-refractivity contribution in [1.29, 1.82) is 0 Å². The smallest absolute Gasteiger partial charge is 0.363 e. The largest absolute Gasteiger partial charge is 0.457 e. The van der Waals surface area contributed by atoms with Crippen LogP contribution >= 0.6 is 0 Å². The molecule has 1 rings (SSSR count). The molecule has 1 aliphatic rings. The predicted octanol–water partition coefficient (Wildman–Crippen LogP) is 1.37. The van der Waals surface area contributed by atoms with Crippen molar-refractivity contribution in [3.05, 3.63) is 0 Å². The molecule has 1 aliphatic carbocycles. The Balaban J connectivity index is 2.58. The minimum absolute atomic E-state index is 0.635. The lowest BCUT2D eigenvalue weighted by atomic mass is 10.1. The average Bonchev–Trinajstić information content (AvgIpc) is 2.79. The molecule has 9 heteroatoms. The molecule has 1 saturated carbocycles. The summed E-state index contributed by atoms with van der Waals surface area (Å²) in [7, 11) is -5.29. The molecule has 7 nitrogen and oxygen atoms in total. The van der Waals surface area contributed by atoms with E-state index in [-0.39, 0.29) is 0 Å². The van der Waals surface area contributed by atoms with Gasteiger partial charge in [-0.25, -0.2) is 14.0 Å². The first-order chi connectivity index (χ1) is 9.54. The maximum atomic E-state index is 13.9. The van der Waals surface area contributed by atoms with Crippen LogP contribution in [0.2, 0.25) is 0 Å². The zero-order chi connectivity index (χ0) is 16.3. The quantitative estimate of drug-likeness (QED) is 0.580. The van der Waals surface area contributed by atoms with Crippen LogP contribution in [-0.4, -0.2) is 42.1 Å². The number of hydrogen-bond donors (Lipinski definition) is 1. The van der Waals surface area contributed by atoms with E-state index < -0.39 is 45.7 Å².